The van der Waals surface area contributed by atoms with Gasteiger partial charge in [0.25, 0.3) is 5.91 Å². The molecule has 1 aromatic carbocycles. The van der Waals surface area contributed by atoms with E-state index in [1.165, 1.54) is 0 Å². The number of ether oxygens (including phenoxy) is 2. The fourth-order valence-electron chi connectivity index (χ4n) is 3.61. The van der Waals surface area contributed by atoms with Gasteiger partial charge in [0, 0.05) is 31.3 Å². The number of aryl methyl sites for hydroxylation is 1. The first kappa shape index (κ1) is 28.9. The van der Waals surface area contributed by atoms with Gasteiger partial charge in [0.05, 0.1) is 23.2 Å². The zero-order chi connectivity index (χ0) is 27.0. The Morgan fingerprint density at radius 1 is 1.19 bits per heavy atom. The maximum Gasteiger partial charge on any atom is 0.417 e. The molecule has 0 fully saturated rings. The van der Waals surface area contributed by atoms with Crippen molar-refractivity contribution >= 4 is 17.6 Å². The van der Waals surface area contributed by atoms with Crippen molar-refractivity contribution in [3.8, 4) is 5.88 Å². The van der Waals surface area contributed by atoms with Crippen LogP contribution in [0.2, 0.25) is 0 Å². The number of hydrogen-bond acceptors (Lipinski definition) is 5. The summed E-state index contributed by atoms with van der Waals surface area (Å²) in [7, 11) is 0. The van der Waals surface area contributed by atoms with Crippen LogP contribution in [0, 0.1) is 6.92 Å². The van der Waals surface area contributed by atoms with Crippen molar-refractivity contribution in [1.29, 1.82) is 0 Å². The van der Waals surface area contributed by atoms with E-state index < -0.39 is 11.7 Å². The van der Waals surface area contributed by atoms with Crippen molar-refractivity contribution in [1.82, 2.24) is 9.88 Å². The second kappa shape index (κ2) is 12.6. The predicted octanol–water partition coefficient (Wildman–Crippen LogP) is 6.54. The summed E-state index contributed by atoms with van der Waals surface area (Å²) in [6.07, 6.45) is -2.88. The molecule has 36 heavy (non-hydrogen) atoms. The highest BCUT2D eigenvalue weighted by Gasteiger charge is 2.31. The topological polar surface area (TPSA) is 64.0 Å². The van der Waals surface area contributed by atoms with Crippen LogP contribution in [0.1, 0.15) is 68.1 Å². The third kappa shape index (κ3) is 7.57. The molecule has 0 N–H and O–H groups in total. The normalized spacial score (nSPS) is 13.6. The number of carbonyl (C=O) groups is 1. The van der Waals surface area contributed by atoms with Crippen LogP contribution < -0.4 is 4.74 Å². The number of amides is 1. The average Bonchev–Trinajstić information content (AvgIpc) is 2.82. The van der Waals surface area contributed by atoms with Gasteiger partial charge in [0.2, 0.25) is 5.88 Å². The maximum absolute atomic E-state index is 13.6. The highest BCUT2D eigenvalue weighted by atomic mass is 19.4. The summed E-state index contributed by atoms with van der Waals surface area (Å²) in [5, 5.41) is 0. The summed E-state index contributed by atoms with van der Waals surface area (Å²) in [6, 6.07) is 7.17. The van der Waals surface area contributed by atoms with Crippen molar-refractivity contribution in [2.45, 2.75) is 66.2 Å². The minimum Gasteiger partial charge on any atom is -0.475 e. The molecule has 0 radical (unpaired) electrons. The predicted molar refractivity (Wildman–Crippen MR) is 135 cm³/mol. The van der Waals surface area contributed by atoms with Gasteiger partial charge in [0.15, 0.2) is 5.90 Å². The Bertz CT molecular complexity index is 1080. The molecule has 0 aliphatic rings. The molecule has 1 aromatic heterocycles. The van der Waals surface area contributed by atoms with Gasteiger partial charge < -0.3 is 14.4 Å². The molecular weight excluding hydrogens is 471 g/mol. The van der Waals surface area contributed by atoms with Gasteiger partial charge >= 0.3 is 6.18 Å². The number of nitrogens with zero attached hydrogens (tertiary/aromatic N) is 3. The Balaban J connectivity index is 2.20. The number of carbonyl (C=O) groups excluding carboxylic acids is 1. The molecule has 2 atom stereocenters. The molecule has 0 spiro atoms. The number of rotatable bonds is 10. The van der Waals surface area contributed by atoms with E-state index in [4.69, 9.17) is 9.47 Å². The molecule has 196 valence electrons. The molecule has 0 saturated carbocycles. The molecule has 2 unspecified atom stereocenters. The summed E-state index contributed by atoms with van der Waals surface area (Å²) in [4.78, 5) is 23.4. The van der Waals surface area contributed by atoms with Crippen LogP contribution in [0.4, 0.5) is 13.2 Å². The Hall–Kier alpha value is -3.36. The molecule has 2 rings (SSSR count). The number of benzene rings is 1. The van der Waals surface area contributed by atoms with E-state index in [1.807, 2.05) is 33.8 Å². The number of halogens is 3. The quantitative estimate of drug-likeness (QED) is 0.209. The fourth-order valence-corrected chi connectivity index (χ4v) is 3.61. The molecule has 6 nitrogen and oxygen atoms in total. The van der Waals surface area contributed by atoms with Crippen molar-refractivity contribution in [2.24, 2.45) is 4.99 Å². The number of likely N-dealkylation sites (N-methyl/N-ethyl adjacent to an activating group) is 1. The zero-order valence-corrected chi connectivity index (χ0v) is 21.6. The first-order valence-corrected chi connectivity index (χ1v) is 11.9. The second-order valence-corrected chi connectivity index (χ2v) is 8.56. The summed E-state index contributed by atoms with van der Waals surface area (Å²) in [6.45, 7) is 15.8. The van der Waals surface area contributed by atoms with E-state index in [1.54, 1.807) is 30.9 Å². The van der Waals surface area contributed by atoms with Crippen LogP contribution in [-0.4, -0.2) is 46.9 Å². The molecule has 0 saturated heterocycles. The second-order valence-electron chi connectivity index (χ2n) is 8.56. The first-order valence-electron chi connectivity index (χ1n) is 11.9. The smallest absolute Gasteiger partial charge is 0.417 e. The monoisotopic (exact) mass is 505 g/mol. The Morgan fingerprint density at radius 2 is 1.89 bits per heavy atom. The summed E-state index contributed by atoms with van der Waals surface area (Å²) in [5.41, 5.74) is 0.998. The molecule has 0 bridgehead atoms. The lowest BCUT2D eigenvalue weighted by Crippen LogP contribution is -2.42. The molecule has 0 aliphatic carbocycles. The van der Waals surface area contributed by atoms with Gasteiger partial charge in [0.1, 0.15) is 12.4 Å². The van der Waals surface area contributed by atoms with Crippen LogP contribution >= 0.6 is 0 Å². The number of hydrogen-bond donors (Lipinski definition) is 0. The fraction of sp³-hybridized carbons (Fsp3) is 0.444. The van der Waals surface area contributed by atoms with Crippen molar-refractivity contribution < 1.29 is 27.4 Å². The third-order valence-electron chi connectivity index (χ3n) is 5.72. The van der Waals surface area contributed by atoms with Crippen molar-refractivity contribution in [3.05, 3.63) is 65.4 Å². The van der Waals surface area contributed by atoms with Gasteiger partial charge in [-0.3, -0.25) is 9.79 Å². The van der Waals surface area contributed by atoms with E-state index in [-0.39, 0.29) is 30.5 Å². The Labute approximate surface area is 210 Å². The van der Waals surface area contributed by atoms with Crippen molar-refractivity contribution in [3.63, 3.8) is 0 Å². The van der Waals surface area contributed by atoms with Crippen LogP contribution in [0.5, 0.6) is 5.88 Å². The van der Waals surface area contributed by atoms with Crippen LogP contribution in [0.25, 0.3) is 5.76 Å². The minimum atomic E-state index is -4.47. The van der Waals surface area contributed by atoms with E-state index in [2.05, 4.69) is 16.6 Å². The van der Waals surface area contributed by atoms with Crippen LogP contribution in [0.15, 0.2) is 48.1 Å². The molecule has 1 heterocycles. The molecular formula is C27H34F3N3O3. The van der Waals surface area contributed by atoms with Gasteiger partial charge in [-0.15, -0.1) is 0 Å². The van der Waals surface area contributed by atoms with Crippen molar-refractivity contribution in [2.75, 3.05) is 13.2 Å². The molecule has 9 heteroatoms. The summed E-state index contributed by atoms with van der Waals surface area (Å²) >= 11 is 0. The lowest BCUT2D eigenvalue weighted by molar-refractivity contribution is -0.137. The average molecular weight is 506 g/mol. The summed E-state index contributed by atoms with van der Waals surface area (Å²) < 4.78 is 49.7. The first-order chi connectivity index (χ1) is 16.9. The van der Waals surface area contributed by atoms with E-state index in [0.717, 1.165) is 30.3 Å². The number of aromatic nitrogens is 1. The maximum atomic E-state index is 13.6. The minimum absolute atomic E-state index is 0.0486. The Morgan fingerprint density at radius 3 is 2.44 bits per heavy atom. The lowest BCUT2D eigenvalue weighted by atomic mass is 9.99. The van der Waals surface area contributed by atoms with Gasteiger partial charge in [-0.05, 0) is 51.8 Å². The summed E-state index contributed by atoms with van der Waals surface area (Å²) in [5.74, 6) is 0.602. The largest absolute Gasteiger partial charge is 0.475 e. The lowest BCUT2D eigenvalue weighted by Gasteiger charge is -2.29. The Kier molecular flexibility index (Phi) is 10.1. The number of aliphatic imine (C=N–C) groups is 1. The van der Waals surface area contributed by atoms with E-state index >= 15 is 0 Å². The highest BCUT2D eigenvalue weighted by Crippen LogP contribution is 2.29. The number of pyridine rings is 1. The highest BCUT2D eigenvalue weighted by molar-refractivity contribution is 6.00. The van der Waals surface area contributed by atoms with Gasteiger partial charge in [-0.25, -0.2) is 4.98 Å². The van der Waals surface area contributed by atoms with Crippen LogP contribution in [-0.2, 0) is 10.9 Å². The third-order valence-corrected chi connectivity index (χ3v) is 5.72. The van der Waals surface area contributed by atoms with E-state index in [0.29, 0.717) is 29.3 Å². The standard InChI is InChI=1S/C27H34F3N3O3/c1-8-18(4)32-21(7)36-20(6)25-17(3)11-10-12-23(25)26(34)33(9-2)19(5)16-35-24-14-13-22(15-31-24)27(28,29)30/h10-15,18-19H,6,8-9,16H2,1-5,7H3/b32-21-. The SMILES string of the molecule is C=C(O/C(C)=N\C(C)CC)c1c(C)cccc1C(=O)N(CC)C(C)COc1ccc(C(F)(F)F)cn1. The zero-order valence-electron chi connectivity index (χ0n) is 21.6. The number of alkyl halides is 3. The van der Waals surface area contributed by atoms with Crippen LogP contribution in [0.3, 0.4) is 0 Å². The molecule has 0 aliphatic heterocycles. The van der Waals surface area contributed by atoms with Gasteiger partial charge in [-0.1, -0.05) is 25.6 Å². The molecule has 1 amide bonds. The van der Waals surface area contributed by atoms with Gasteiger partial charge in [-0.2, -0.15) is 13.2 Å². The molecule has 2 aromatic rings. The van der Waals surface area contributed by atoms with E-state index in [9.17, 15) is 18.0 Å².